The molecule has 11 heteroatoms. The summed E-state index contributed by atoms with van der Waals surface area (Å²) in [6.07, 6.45) is 3.79. The number of carbonyl (C=O) groups is 1. The number of nitrogen functional groups attached to an aromatic ring is 1. The van der Waals surface area contributed by atoms with Crippen molar-refractivity contribution < 1.29 is 13.9 Å². The first kappa shape index (κ1) is 24.3. The molecule has 2 aliphatic heterocycles. The molecule has 0 unspecified atom stereocenters. The lowest BCUT2D eigenvalue weighted by molar-refractivity contribution is 0.00605. The van der Waals surface area contributed by atoms with E-state index < -0.39 is 11.7 Å². The second-order valence-corrected chi connectivity index (χ2v) is 10.1. The number of hydrogen-bond acceptors (Lipinski definition) is 6. The fourth-order valence-corrected chi connectivity index (χ4v) is 5.69. The van der Waals surface area contributed by atoms with Crippen LogP contribution in [0.4, 0.5) is 15.9 Å². The summed E-state index contributed by atoms with van der Waals surface area (Å²) in [5.41, 5.74) is 9.75. The molecule has 1 saturated heterocycles. The van der Waals surface area contributed by atoms with Crippen LogP contribution in [-0.4, -0.2) is 43.1 Å². The summed E-state index contributed by atoms with van der Waals surface area (Å²) >= 11 is 0. The highest BCUT2D eigenvalue weighted by molar-refractivity contribution is 6.05. The number of hydrogen-bond donors (Lipinski definition) is 2. The van der Waals surface area contributed by atoms with Gasteiger partial charge in [-0.15, -0.1) is 0 Å². The van der Waals surface area contributed by atoms with Crippen LogP contribution in [0.25, 0.3) is 22.3 Å². The number of para-hydroxylation sites is 1. The van der Waals surface area contributed by atoms with Gasteiger partial charge in [0.25, 0.3) is 11.5 Å². The number of anilines is 2. The van der Waals surface area contributed by atoms with Gasteiger partial charge in [-0.25, -0.2) is 18.6 Å². The normalized spacial score (nSPS) is 15.1. The molecular formula is C29H26FN7O3. The van der Waals surface area contributed by atoms with Crippen LogP contribution >= 0.6 is 0 Å². The Balaban J connectivity index is 1.24. The molecule has 7 rings (SSSR count). The molecule has 0 atom stereocenters. The predicted octanol–water partition coefficient (Wildman–Crippen LogP) is 3.77. The molecule has 10 nitrogen and oxygen atoms in total. The van der Waals surface area contributed by atoms with Gasteiger partial charge >= 0.3 is 0 Å². The lowest BCUT2D eigenvalue weighted by Gasteiger charge is -2.25. The van der Waals surface area contributed by atoms with Crippen LogP contribution in [0.1, 0.15) is 40.5 Å². The fourth-order valence-electron chi connectivity index (χ4n) is 5.69. The first-order valence-corrected chi connectivity index (χ1v) is 13.2. The topological polar surface area (TPSA) is 121 Å². The van der Waals surface area contributed by atoms with Gasteiger partial charge in [0.2, 0.25) is 0 Å². The van der Waals surface area contributed by atoms with E-state index in [0.29, 0.717) is 54.2 Å². The Labute approximate surface area is 227 Å². The number of fused-ring (bicyclic) bond motifs is 2. The van der Waals surface area contributed by atoms with Crippen LogP contribution in [0.2, 0.25) is 0 Å². The summed E-state index contributed by atoms with van der Waals surface area (Å²) in [6.45, 7) is 1.75. The third-order valence-corrected chi connectivity index (χ3v) is 7.69. The number of nitrogens with two attached hydrogens (primary N) is 1. The van der Waals surface area contributed by atoms with E-state index in [9.17, 15) is 9.59 Å². The van der Waals surface area contributed by atoms with Gasteiger partial charge in [0, 0.05) is 29.3 Å². The molecule has 202 valence electrons. The smallest absolute Gasteiger partial charge is 0.284 e. The Hall–Kier alpha value is -4.77. The summed E-state index contributed by atoms with van der Waals surface area (Å²) in [5, 5.41) is 7.08. The molecule has 5 aromatic rings. The molecule has 2 aliphatic rings. The van der Waals surface area contributed by atoms with Gasteiger partial charge in [-0.05, 0) is 55.7 Å². The third kappa shape index (κ3) is 3.81. The zero-order chi connectivity index (χ0) is 27.4. The Kier molecular flexibility index (Phi) is 5.74. The quantitative estimate of drug-likeness (QED) is 0.351. The standard InChI is InChI=1S/C29H26FN7O3/c30-22-12-18(9-10-20(22)21-13-24(17-14-40-15-17)36-26(21)27(31)32-16-33-36)34-28(38)25-23-8-4-5-11-35(23)37(29(25)39)19-6-2-1-3-7-19/h1-3,6-7,9-10,12-13,16-17H,4-5,8,11,14-15H2,(H,34,38)(H2,31,32,33). The van der Waals surface area contributed by atoms with E-state index in [4.69, 9.17) is 10.5 Å². The number of benzene rings is 2. The van der Waals surface area contributed by atoms with Gasteiger partial charge in [-0.3, -0.25) is 14.3 Å². The summed E-state index contributed by atoms with van der Waals surface area (Å²) in [4.78, 5) is 31.1. The maximum atomic E-state index is 15.6. The molecule has 0 spiro atoms. The van der Waals surface area contributed by atoms with Crippen molar-refractivity contribution in [3.05, 3.63) is 94.0 Å². The summed E-state index contributed by atoms with van der Waals surface area (Å²) in [7, 11) is 0. The van der Waals surface area contributed by atoms with Gasteiger partial charge < -0.3 is 15.8 Å². The molecule has 1 fully saturated rings. The maximum absolute atomic E-state index is 15.6. The molecule has 0 radical (unpaired) electrons. The van der Waals surface area contributed by atoms with Crippen LogP contribution in [0, 0.1) is 5.82 Å². The number of ether oxygens (including phenoxy) is 1. The molecule has 2 aromatic carbocycles. The van der Waals surface area contributed by atoms with Gasteiger partial charge in [0.05, 0.1) is 30.3 Å². The summed E-state index contributed by atoms with van der Waals surface area (Å²) in [6, 6.07) is 15.6. The minimum Gasteiger partial charge on any atom is -0.382 e. The van der Waals surface area contributed by atoms with Crippen molar-refractivity contribution in [3.63, 3.8) is 0 Å². The molecule has 0 saturated carbocycles. The minimum atomic E-state index is -0.559. The van der Waals surface area contributed by atoms with Gasteiger partial charge in [-0.1, -0.05) is 18.2 Å². The number of carbonyl (C=O) groups excluding carboxylic acids is 1. The van der Waals surface area contributed by atoms with Crippen LogP contribution in [-0.2, 0) is 17.7 Å². The van der Waals surface area contributed by atoms with Crippen molar-refractivity contribution in [1.82, 2.24) is 24.0 Å². The summed E-state index contributed by atoms with van der Waals surface area (Å²) in [5.74, 6) is -0.742. The van der Waals surface area contributed by atoms with E-state index in [2.05, 4.69) is 15.4 Å². The maximum Gasteiger partial charge on any atom is 0.284 e. The second kappa shape index (κ2) is 9.45. The molecule has 0 aliphatic carbocycles. The zero-order valence-electron chi connectivity index (χ0n) is 21.5. The Bertz CT molecular complexity index is 1840. The van der Waals surface area contributed by atoms with E-state index >= 15 is 4.39 Å². The molecule has 1 amide bonds. The van der Waals surface area contributed by atoms with Crippen LogP contribution < -0.4 is 16.6 Å². The van der Waals surface area contributed by atoms with Crippen molar-refractivity contribution in [3.8, 4) is 16.8 Å². The number of rotatable bonds is 5. The molecule has 40 heavy (non-hydrogen) atoms. The second-order valence-electron chi connectivity index (χ2n) is 10.1. The fraction of sp³-hybridized carbons (Fsp3) is 0.241. The first-order chi connectivity index (χ1) is 19.5. The third-order valence-electron chi connectivity index (χ3n) is 7.69. The number of aromatic nitrogens is 5. The molecule has 3 aromatic heterocycles. The average molecular weight is 540 g/mol. The number of nitrogens with zero attached hydrogens (tertiary/aromatic N) is 5. The van der Waals surface area contributed by atoms with Crippen molar-refractivity contribution in [2.75, 3.05) is 24.3 Å². The lowest BCUT2D eigenvalue weighted by atomic mass is 10.0. The SMILES string of the molecule is Nc1ncnn2c(C3COC3)cc(-c3ccc(NC(=O)c4c5n(n(-c6ccccc6)c4=O)CCCC5)cc3F)c12. The van der Waals surface area contributed by atoms with Crippen LogP contribution in [0.15, 0.2) is 65.7 Å². The zero-order valence-corrected chi connectivity index (χ0v) is 21.5. The average Bonchev–Trinajstić information content (AvgIpc) is 3.44. The van der Waals surface area contributed by atoms with Crippen molar-refractivity contribution in [2.45, 2.75) is 31.7 Å². The van der Waals surface area contributed by atoms with E-state index in [1.807, 2.05) is 41.1 Å². The van der Waals surface area contributed by atoms with E-state index in [1.54, 1.807) is 21.3 Å². The van der Waals surface area contributed by atoms with Crippen LogP contribution in [0.3, 0.4) is 0 Å². The largest absolute Gasteiger partial charge is 0.382 e. The molecule has 5 heterocycles. The minimum absolute atomic E-state index is 0.0868. The predicted molar refractivity (Wildman–Crippen MR) is 147 cm³/mol. The Morgan fingerprint density at radius 2 is 1.90 bits per heavy atom. The number of halogens is 1. The number of amides is 1. The Morgan fingerprint density at radius 3 is 2.65 bits per heavy atom. The van der Waals surface area contributed by atoms with Gasteiger partial charge in [-0.2, -0.15) is 5.10 Å². The van der Waals surface area contributed by atoms with Crippen molar-refractivity contribution >= 4 is 22.9 Å². The highest BCUT2D eigenvalue weighted by Crippen LogP contribution is 2.37. The van der Waals surface area contributed by atoms with E-state index in [1.165, 1.54) is 12.4 Å². The first-order valence-electron chi connectivity index (χ1n) is 13.2. The van der Waals surface area contributed by atoms with E-state index in [-0.39, 0.29) is 28.5 Å². The van der Waals surface area contributed by atoms with Crippen molar-refractivity contribution in [2.24, 2.45) is 0 Å². The van der Waals surface area contributed by atoms with Crippen LogP contribution in [0.5, 0.6) is 0 Å². The number of nitrogens with one attached hydrogen (secondary N) is 1. The monoisotopic (exact) mass is 539 g/mol. The summed E-state index contributed by atoms with van der Waals surface area (Å²) < 4.78 is 26.1. The van der Waals surface area contributed by atoms with Gasteiger partial charge in [0.1, 0.15) is 23.2 Å². The highest BCUT2D eigenvalue weighted by Gasteiger charge is 2.29. The highest BCUT2D eigenvalue weighted by atomic mass is 19.1. The van der Waals surface area contributed by atoms with Crippen molar-refractivity contribution in [1.29, 1.82) is 0 Å². The van der Waals surface area contributed by atoms with E-state index in [0.717, 1.165) is 18.5 Å². The molecule has 3 N–H and O–H groups in total. The molecular weight excluding hydrogens is 513 g/mol. The Morgan fingerprint density at radius 1 is 1.07 bits per heavy atom. The van der Waals surface area contributed by atoms with Gasteiger partial charge in [0.15, 0.2) is 5.82 Å². The lowest BCUT2D eigenvalue weighted by Crippen LogP contribution is -2.26. The molecule has 0 bridgehead atoms.